The summed E-state index contributed by atoms with van der Waals surface area (Å²) in [6.45, 7) is 0. The second kappa shape index (κ2) is 7.16. The van der Waals surface area contributed by atoms with Crippen LogP contribution in [0.15, 0.2) is 116 Å². The van der Waals surface area contributed by atoms with Gasteiger partial charge in [0.1, 0.15) is 0 Å². The summed E-state index contributed by atoms with van der Waals surface area (Å²) in [7, 11) is 0. The summed E-state index contributed by atoms with van der Waals surface area (Å²) in [5.41, 5.74) is 8.39. The molecule has 0 aliphatic rings. The highest BCUT2D eigenvalue weighted by Crippen LogP contribution is 2.27. The lowest BCUT2D eigenvalue weighted by molar-refractivity contribution is 1.08. The van der Waals surface area contributed by atoms with Crippen molar-refractivity contribution in [3.8, 4) is 22.5 Å². The van der Waals surface area contributed by atoms with Gasteiger partial charge in [-0.3, -0.25) is 22.9 Å². The van der Waals surface area contributed by atoms with Gasteiger partial charge in [0.2, 0.25) is 11.6 Å². The second-order valence-corrected chi connectivity index (χ2v) is 8.85. The first-order valence-electron chi connectivity index (χ1n) is 11.8. The molecule has 0 unspecified atom stereocenters. The van der Waals surface area contributed by atoms with E-state index in [-0.39, 0.29) is 0 Å². The minimum absolute atomic E-state index is 0.870. The maximum absolute atomic E-state index is 4.96. The molecule has 7 nitrogen and oxygen atoms in total. The van der Waals surface area contributed by atoms with Crippen LogP contribution >= 0.6 is 0 Å². The fraction of sp³-hybridized carbons (Fsp3) is 0. The summed E-state index contributed by atoms with van der Waals surface area (Å²) in [5, 5.41) is 0. The number of benzene rings is 3. The quantitative estimate of drug-likeness (QED) is 0.325. The van der Waals surface area contributed by atoms with Crippen molar-refractivity contribution >= 4 is 33.6 Å². The van der Waals surface area contributed by atoms with Crippen molar-refractivity contribution in [2.75, 3.05) is 0 Å². The lowest BCUT2D eigenvalue weighted by Gasteiger charge is -2.06. The van der Waals surface area contributed by atoms with E-state index in [1.54, 1.807) is 6.20 Å². The van der Waals surface area contributed by atoms with Gasteiger partial charge in [0.25, 0.3) is 0 Å². The molecule has 3 aromatic carbocycles. The Hall–Kier alpha value is -5.17. The monoisotopic (exact) mass is 465 g/mol. The average Bonchev–Trinajstić information content (AvgIpc) is 3.69. The van der Waals surface area contributed by atoms with E-state index in [9.17, 15) is 0 Å². The number of imidazole rings is 4. The lowest BCUT2D eigenvalue weighted by atomic mass is 10.1. The molecule has 0 amide bonds. The van der Waals surface area contributed by atoms with Gasteiger partial charge in [-0.1, -0.05) is 30.3 Å². The molecule has 8 rings (SSSR count). The van der Waals surface area contributed by atoms with Gasteiger partial charge in [-0.2, -0.15) is 0 Å². The number of hydrogen-bond acceptors (Lipinski definition) is 3. The van der Waals surface area contributed by atoms with Gasteiger partial charge < -0.3 is 0 Å². The number of rotatable bonds is 3. The normalized spacial score (nSPS) is 11.9. The van der Waals surface area contributed by atoms with Crippen LogP contribution in [0.1, 0.15) is 0 Å². The zero-order chi connectivity index (χ0) is 23.6. The van der Waals surface area contributed by atoms with E-state index in [0.717, 1.165) is 56.1 Å². The molecule has 0 aliphatic carbocycles. The predicted molar refractivity (Wildman–Crippen MR) is 141 cm³/mol. The minimum atomic E-state index is 0.870. The van der Waals surface area contributed by atoms with Crippen LogP contribution in [0.2, 0.25) is 0 Å². The molecule has 0 saturated heterocycles. The van der Waals surface area contributed by atoms with Crippen LogP contribution in [0.3, 0.4) is 0 Å². The van der Waals surface area contributed by atoms with Crippen LogP contribution in [0.4, 0.5) is 0 Å². The molecule has 0 N–H and O–H groups in total. The zero-order valence-corrected chi connectivity index (χ0v) is 19.1. The molecule has 0 radical (unpaired) electrons. The van der Waals surface area contributed by atoms with Crippen molar-refractivity contribution in [1.29, 1.82) is 0 Å². The van der Waals surface area contributed by atoms with Gasteiger partial charge in [-0.15, -0.1) is 0 Å². The van der Waals surface area contributed by atoms with E-state index in [0.29, 0.717) is 0 Å². The molecule has 170 valence electrons. The Morgan fingerprint density at radius 1 is 0.528 bits per heavy atom. The Kier molecular flexibility index (Phi) is 3.81. The molecule has 36 heavy (non-hydrogen) atoms. The Balaban J connectivity index is 1.27. The summed E-state index contributed by atoms with van der Waals surface area (Å²) in [6.07, 6.45) is 11.9. The molecule has 8 aromatic rings. The van der Waals surface area contributed by atoms with Crippen LogP contribution in [0.25, 0.3) is 56.1 Å². The molecular weight excluding hydrogens is 446 g/mol. The zero-order valence-electron chi connectivity index (χ0n) is 19.1. The van der Waals surface area contributed by atoms with Crippen molar-refractivity contribution in [3.63, 3.8) is 0 Å². The van der Waals surface area contributed by atoms with E-state index < -0.39 is 0 Å². The molecule has 0 bridgehead atoms. The minimum Gasteiger partial charge on any atom is -0.286 e. The summed E-state index contributed by atoms with van der Waals surface area (Å²) in [5.74, 6) is 1.76. The smallest absolute Gasteiger partial charge is 0.219 e. The van der Waals surface area contributed by atoms with Crippen molar-refractivity contribution in [2.24, 2.45) is 0 Å². The van der Waals surface area contributed by atoms with Gasteiger partial charge in [0.15, 0.2) is 0 Å². The van der Waals surface area contributed by atoms with Crippen LogP contribution in [0, 0.1) is 0 Å². The third kappa shape index (κ3) is 2.71. The summed E-state index contributed by atoms with van der Waals surface area (Å²) in [6, 6.07) is 27.0. The van der Waals surface area contributed by atoms with Crippen molar-refractivity contribution < 1.29 is 0 Å². The number of pyridine rings is 1. The Morgan fingerprint density at radius 3 is 2.06 bits per heavy atom. The van der Waals surface area contributed by atoms with Crippen LogP contribution in [-0.4, -0.2) is 32.9 Å². The molecule has 5 heterocycles. The molecule has 0 fully saturated rings. The first kappa shape index (κ1) is 19.2. The summed E-state index contributed by atoms with van der Waals surface area (Å²) < 4.78 is 8.50. The maximum atomic E-state index is 4.96. The molecule has 0 atom stereocenters. The maximum Gasteiger partial charge on any atom is 0.219 e. The van der Waals surface area contributed by atoms with Crippen molar-refractivity contribution in [1.82, 2.24) is 32.9 Å². The van der Waals surface area contributed by atoms with E-state index >= 15 is 0 Å². The Labute approximate surface area is 205 Å². The lowest BCUT2D eigenvalue weighted by Crippen LogP contribution is -1.94. The van der Waals surface area contributed by atoms with Gasteiger partial charge in [-0.25, -0.2) is 9.97 Å². The van der Waals surface area contributed by atoms with Crippen LogP contribution < -0.4 is 0 Å². The van der Waals surface area contributed by atoms with E-state index in [4.69, 9.17) is 9.97 Å². The number of aromatic nitrogens is 7. The number of nitrogens with zero attached hydrogens (tertiary/aromatic N) is 7. The first-order valence-corrected chi connectivity index (χ1v) is 11.8. The predicted octanol–water partition coefficient (Wildman–Crippen LogP) is 5.93. The molecule has 0 aliphatic heterocycles. The van der Waals surface area contributed by atoms with Gasteiger partial charge in [0.05, 0.1) is 27.8 Å². The first-order chi connectivity index (χ1) is 17.8. The molecule has 0 spiro atoms. The fourth-order valence-corrected chi connectivity index (χ4v) is 5.06. The highest BCUT2D eigenvalue weighted by molar-refractivity contribution is 5.84. The third-order valence-corrected chi connectivity index (χ3v) is 6.79. The third-order valence-electron chi connectivity index (χ3n) is 6.79. The number of fused-ring (bicyclic) bond motifs is 6. The van der Waals surface area contributed by atoms with E-state index in [1.165, 1.54) is 0 Å². The summed E-state index contributed by atoms with van der Waals surface area (Å²) in [4.78, 5) is 14.1. The highest BCUT2D eigenvalue weighted by atomic mass is 15.2. The number of hydrogen-bond donors (Lipinski definition) is 0. The van der Waals surface area contributed by atoms with Gasteiger partial charge in [-0.05, 0) is 54.1 Å². The fourth-order valence-electron chi connectivity index (χ4n) is 5.06. The Bertz CT molecular complexity index is 2050. The SMILES string of the molecule is c1cncc(-c2cccc(-n3ccn4c5cc(-n6ccn7c8ccccc8nc67)ccc5nc34)c2)c1. The van der Waals surface area contributed by atoms with Gasteiger partial charge in [0, 0.05) is 48.4 Å². The number of para-hydroxylation sites is 2. The second-order valence-electron chi connectivity index (χ2n) is 8.85. The summed E-state index contributed by atoms with van der Waals surface area (Å²) >= 11 is 0. The van der Waals surface area contributed by atoms with Crippen molar-refractivity contribution in [2.45, 2.75) is 0 Å². The van der Waals surface area contributed by atoms with Crippen LogP contribution in [-0.2, 0) is 0 Å². The largest absolute Gasteiger partial charge is 0.286 e. The highest BCUT2D eigenvalue weighted by Gasteiger charge is 2.14. The van der Waals surface area contributed by atoms with E-state index in [2.05, 4.69) is 102 Å². The van der Waals surface area contributed by atoms with Crippen molar-refractivity contribution in [3.05, 3.63) is 116 Å². The standard InChI is InChI=1S/C29H19N7/c1-2-9-26-24(8-1)31-28-34(13-15-35(26)28)23-10-11-25-27(18-23)36-16-14-33(29(36)32-25)22-7-3-5-20(17-22)21-6-4-12-30-19-21/h1-19H. The molecular formula is C29H19N7. The molecule has 5 aromatic heterocycles. The van der Waals surface area contributed by atoms with Crippen LogP contribution in [0.5, 0.6) is 0 Å². The van der Waals surface area contributed by atoms with E-state index in [1.807, 2.05) is 30.5 Å². The molecule has 0 saturated carbocycles. The average molecular weight is 466 g/mol. The van der Waals surface area contributed by atoms with Gasteiger partial charge >= 0.3 is 0 Å². The molecule has 7 heteroatoms. The topological polar surface area (TPSA) is 57.4 Å². The Morgan fingerprint density at radius 2 is 1.25 bits per heavy atom.